The van der Waals surface area contributed by atoms with Crippen molar-refractivity contribution in [2.75, 3.05) is 0 Å². The van der Waals surface area contributed by atoms with Gasteiger partial charge in [0.05, 0.1) is 38.9 Å². The average Bonchev–Trinajstić information content (AvgIpc) is 1.58. The number of nitrogens with zero attached hydrogens (tertiary/aromatic N) is 10. The third-order valence-electron chi connectivity index (χ3n) is 30.2. The summed E-state index contributed by atoms with van der Waals surface area (Å²) in [7, 11) is 10.5. The summed E-state index contributed by atoms with van der Waals surface area (Å²) in [6.07, 6.45) is 25.0. The topological polar surface area (TPSA) is 150 Å². The third kappa shape index (κ3) is 18.7. The van der Waals surface area contributed by atoms with E-state index in [0.29, 0.717) is 46.3 Å². The van der Waals surface area contributed by atoms with E-state index in [4.69, 9.17) is 22.1 Å². The van der Waals surface area contributed by atoms with Crippen LogP contribution in [-0.4, -0.2) is 24.9 Å². The van der Waals surface area contributed by atoms with Gasteiger partial charge in [0.15, 0.2) is 58.9 Å². The van der Waals surface area contributed by atoms with Crippen molar-refractivity contribution in [1.82, 2.24) is 24.9 Å². The highest BCUT2D eigenvalue weighted by molar-refractivity contribution is 6.14. The lowest BCUT2D eigenvalue weighted by molar-refractivity contribution is -0.660. The Hall–Kier alpha value is -17.3. The first-order chi connectivity index (χ1) is 72.9. The Bertz CT molecular complexity index is 9510. The van der Waals surface area contributed by atoms with Crippen LogP contribution in [0.15, 0.2) is 387 Å². The zero-order valence-corrected chi connectivity index (χ0v) is 88.3. The van der Waals surface area contributed by atoms with Gasteiger partial charge < -0.3 is 22.1 Å². The molecule has 1 aliphatic carbocycles. The second-order valence-electron chi connectivity index (χ2n) is 41.3. The molecule has 15 heteroatoms. The summed E-state index contributed by atoms with van der Waals surface area (Å²) in [5.41, 5.74) is 44.2. The molecule has 1 fully saturated rings. The lowest BCUT2D eigenvalue weighted by Crippen LogP contribution is -2.31. The first kappa shape index (κ1) is 97.4. The number of aromatic nitrogens is 10. The third-order valence-corrected chi connectivity index (χ3v) is 30.2. The normalized spacial score (nSPS) is 12.2. The maximum atomic E-state index is 6.30. The molecule has 0 atom stereocenters. The van der Waals surface area contributed by atoms with Crippen LogP contribution in [-0.2, 0) is 35.2 Å². The van der Waals surface area contributed by atoms with Crippen LogP contribution in [0.4, 0.5) is 0 Å². The van der Waals surface area contributed by atoms with Crippen LogP contribution in [0.1, 0.15) is 147 Å². The first-order valence-electron chi connectivity index (χ1n) is 52.2. The Balaban J connectivity index is 0.000000106. The Morgan fingerprint density at radius 3 is 0.940 bits per heavy atom. The molecule has 738 valence electrons. The van der Waals surface area contributed by atoms with Crippen LogP contribution in [0.5, 0.6) is 0 Å². The minimum absolute atomic E-state index is 0.484. The summed E-state index contributed by atoms with van der Waals surface area (Å²) >= 11 is 0. The van der Waals surface area contributed by atoms with Crippen LogP contribution in [0.3, 0.4) is 0 Å². The summed E-state index contributed by atoms with van der Waals surface area (Å²) in [6.45, 7) is 26.2. The van der Waals surface area contributed by atoms with Gasteiger partial charge in [-0.2, -0.15) is 0 Å². The van der Waals surface area contributed by atoms with Crippen molar-refractivity contribution in [3.63, 3.8) is 0 Å². The molecule has 0 bridgehead atoms. The summed E-state index contributed by atoms with van der Waals surface area (Å²) in [5.74, 6) is 2.23. The van der Waals surface area contributed by atoms with Gasteiger partial charge >= 0.3 is 0 Å². The molecule has 15 nitrogen and oxygen atoms in total. The molecule has 0 unspecified atom stereocenters. The standard InChI is InChI=1S/C29H27N2O.3C27H25N2O.C25H21N2O/c1-19-12-14-24-25-11-6-16-30-29(25)32-28(24)27(19)26-15-13-23(18-31(26)2)22-10-5-9-21(17-22)20-7-3-4-8-20;1-17(2)19-8-5-9-20(16-19)21-11-7-15-29(4)25(21)24-18(3)12-13-22-23-10-6-14-28-27(23)30-26(22)24;1-17(2)19-7-5-8-20(15-19)21-11-13-24(29(4)16-21)25-18(3)10-12-22-23-9-6-14-28-27(23)30-26(22)25;1-17(2)19-7-5-8-20(15-19)21-12-14-29(4)24(16-21)25-18(3)10-11-22-23-9-6-13-28-27(23)30-26(22)25;1-16-7-4-8-18(15-16)19-10-6-14-27(3)23(19)22-17(2)11-12-20-21-9-5-13-26-25(21)28-24(20)22/h5-6,9-18,20H,3-4,7-8H2,1-2H3;3*5-17H,1-4H3;4-15H,1-3H3/q5*+1. The smallest absolute Gasteiger partial charge is 0.227 e. The number of rotatable bonds is 14. The zero-order valence-electron chi connectivity index (χ0n) is 88.3. The van der Waals surface area contributed by atoms with E-state index in [9.17, 15) is 0 Å². The van der Waals surface area contributed by atoms with E-state index in [0.717, 1.165) is 144 Å². The monoisotopic (exact) mass is 1960 g/mol. The van der Waals surface area contributed by atoms with Gasteiger partial charge in [0.25, 0.3) is 0 Å². The number of aryl methyl sites for hydroxylation is 11. The molecule has 150 heavy (non-hydrogen) atoms. The molecule has 15 aromatic heterocycles. The molecule has 0 spiro atoms. The van der Waals surface area contributed by atoms with Crippen LogP contribution >= 0.6 is 0 Å². The molecule has 0 radical (unpaired) electrons. The second-order valence-corrected chi connectivity index (χ2v) is 41.3. The molecule has 0 saturated heterocycles. The molecular formula is C135H123N10O5+5. The number of fused-ring (bicyclic) bond motifs is 15. The quantitative estimate of drug-likeness (QED) is 0.0963. The molecule has 0 amide bonds. The summed E-state index contributed by atoms with van der Waals surface area (Å²) in [5, 5.41) is 10.8. The van der Waals surface area contributed by atoms with E-state index in [1.54, 1.807) is 31.0 Å². The largest absolute Gasteiger partial charge is 0.437 e. The molecule has 0 aliphatic heterocycles. The Kier molecular flexibility index (Phi) is 26.8. The first-order valence-corrected chi connectivity index (χ1v) is 52.2. The van der Waals surface area contributed by atoms with E-state index in [-0.39, 0.29) is 0 Å². The predicted octanol–water partition coefficient (Wildman–Crippen LogP) is 32.6. The van der Waals surface area contributed by atoms with Crippen LogP contribution < -0.4 is 22.8 Å². The predicted molar refractivity (Wildman–Crippen MR) is 610 cm³/mol. The number of furan rings is 5. The number of hydrogen-bond donors (Lipinski definition) is 0. The fourth-order valence-corrected chi connectivity index (χ4v) is 22.1. The van der Waals surface area contributed by atoms with Crippen molar-refractivity contribution >= 4 is 110 Å². The summed E-state index contributed by atoms with van der Waals surface area (Å²) < 4.78 is 42.2. The highest BCUT2D eigenvalue weighted by Gasteiger charge is 2.32. The highest BCUT2D eigenvalue weighted by atomic mass is 16.4. The van der Waals surface area contributed by atoms with Crippen molar-refractivity contribution in [2.24, 2.45) is 35.2 Å². The molecule has 15 heterocycles. The molecule has 25 aromatic rings. The van der Waals surface area contributed by atoms with Crippen LogP contribution in [0.2, 0.25) is 0 Å². The summed E-state index contributed by atoms with van der Waals surface area (Å²) in [6, 6.07) is 108. The van der Waals surface area contributed by atoms with Crippen LogP contribution in [0, 0.1) is 41.5 Å². The van der Waals surface area contributed by atoms with E-state index in [2.05, 4.69) is 470 Å². The van der Waals surface area contributed by atoms with Crippen molar-refractivity contribution < 1.29 is 44.9 Å². The van der Waals surface area contributed by atoms with Crippen molar-refractivity contribution in [1.29, 1.82) is 0 Å². The Labute approximate surface area is 874 Å². The Morgan fingerprint density at radius 2 is 0.567 bits per heavy atom. The minimum Gasteiger partial charge on any atom is -0.437 e. The van der Waals surface area contributed by atoms with E-state index >= 15 is 0 Å². The molecule has 1 aliphatic rings. The molecule has 0 N–H and O–H groups in total. The molecule has 26 rings (SSSR count). The van der Waals surface area contributed by atoms with Crippen molar-refractivity contribution in [3.8, 4) is 112 Å². The van der Waals surface area contributed by atoms with Crippen molar-refractivity contribution in [3.05, 3.63) is 421 Å². The minimum atomic E-state index is 0.484. The van der Waals surface area contributed by atoms with Gasteiger partial charge in [0.2, 0.25) is 57.0 Å². The fraction of sp³-hybridized carbons (Fsp3) is 0.185. The maximum Gasteiger partial charge on any atom is 0.227 e. The lowest BCUT2D eigenvalue weighted by Gasteiger charge is -2.12. The van der Waals surface area contributed by atoms with E-state index < -0.39 is 0 Å². The fourth-order valence-electron chi connectivity index (χ4n) is 22.1. The number of pyridine rings is 10. The van der Waals surface area contributed by atoms with E-state index in [1.165, 1.54) is 137 Å². The Morgan fingerprint density at radius 1 is 0.247 bits per heavy atom. The SMILES string of the molecule is Cc1ccc2c(oc3ncccc32)c1-c1c(-c2cccc(C(C)C)c2)ccc[n+]1C.Cc1ccc2c(oc3ncccc32)c1-c1cc(-c2cccc(C(C)C)c2)cc[n+]1C.Cc1ccc2c(oc3ncccc32)c1-c1ccc(-c2cccc(C(C)C)c2)c[n+]1C.Cc1ccc2c(oc3ncccc32)c1-c1ccc(-c2cccc(C3CCCC3)c2)c[n+]1C.Cc1cccc(-c2ccc[n+](C)c2-c2c(C)ccc3c2oc2ncccc23)c1. The van der Waals surface area contributed by atoms with Gasteiger partial charge in [-0.05, 0) is 246 Å². The second kappa shape index (κ2) is 41.2. The molecule has 10 aromatic carbocycles. The maximum absolute atomic E-state index is 6.30. The van der Waals surface area contributed by atoms with E-state index in [1.807, 2.05) is 30.3 Å². The van der Waals surface area contributed by atoms with Gasteiger partial charge in [-0.1, -0.05) is 242 Å². The van der Waals surface area contributed by atoms with Gasteiger partial charge in [-0.25, -0.2) is 47.8 Å². The van der Waals surface area contributed by atoms with Gasteiger partial charge in [-0.15, -0.1) is 0 Å². The number of hydrogen-bond acceptors (Lipinski definition) is 10. The summed E-state index contributed by atoms with van der Waals surface area (Å²) in [4.78, 5) is 22.1. The van der Waals surface area contributed by atoms with Gasteiger partial charge in [0.1, 0.15) is 35.2 Å². The average molecular weight is 1970 g/mol. The lowest BCUT2D eigenvalue weighted by atomic mass is 9.92. The van der Waals surface area contributed by atoms with Gasteiger partial charge in [0, 0.05) is 132 Å². The molecular weight excluding hydrogens is 1840 g/mol. The van der Waals surface area contributed by atoms with Gasteiger partial charge in [-0.3, -0.25) is 0 Å². The van der Waals surface area contributed by atoms with Crippen LogP contribution in [0.25, 0.3) is 222 Å². The zero-order chi connectivity index (χ0) is 103. The highest BCUT2D eigenvalue weighted by Crippen LogP contribution is 2.47. The number of benzene rings is 10. The molecule has 1 saturated carbocycles. The van der Waals surface area contributed by atoms with Crippen molar-refractivity contribution in [2.45, 2.75) is 132 Å².